The molecule has 1 aliphatic rings. The van der Waals surface area contributed by atoms with Gasteiger partial charge in [0.2, 0.25) is 0 Å². The van der Waals surface area contributed by atoms with E-state index in [0.29, 0.717) is 0 Å². The van der Waals surface area contributed by atoms with Crippen LogP contribution in [0.4, 0.5) is 13.2 Å². The highest BCUT2D eigenvalue weighted by Gasteiger charge is 2.39. The number of hydrogen-bond donors (Lipinski definition) is 2. The molecular formula is C11H19F3N2. The summed E-state index contributed by atoms with van der Waals surface area (Å²) < 4.78 is 37.1. The molecule has 0 amide bonds. The Morgan fingerprint density at radius 1 is 1.31 bits per heavy atom. The predicted octanol–water partition coefficient (Wildman–Crippen LogP) is 3.11. The van der Waals surface area contributed by atoms with Crippen LogP contribution in [0.2, 0.25) is 0 Å². The van der Waals surface area contributed by atoms with Crippen molar-refractivity contribution in [1.82, 2.24) is 0 Å². The maximum Gasteiger partial charge on any atom is 0.396 e. The van der Waals surface area contributed by atoms with E-state index in [1.54, 1.807) is 0 Å². The Kier molecular flexibility index (Phi) is 4.35. The minimum absolute atomic E-state index is 0.187. The van der Waals surface area contributed by atoms with Crippen molar-refractivity contribution in [1.29, 1.82) is 5.41 Å². The summed E-state index contributed by atoms with van der Waals surface area (Å²) in [7, 11) is 0. The summed E-state index contributed by atoms with van der Waals surface area (Å²) in [5.41, 5.74) is 5.54. The molecule has 2 nitrogen and oxygen atoms in total. The van der Waals surface area contributed by atoms with Crippen LogP contribution in [0, 0.1) is 17.2 Å². The molecule has 5 heteroatoms. The van der Waals surface area contributed by atoms with E-state index in [1.165, 1.54) is 0 Å². The Balaban J connectivity index is 2.40. The molecule has 0 aromatic rings. The fourth-order valence-corrected chi connectivity index (χ4v) is 2.08. The summed E-state index contributed by atoms with van der Waals surface area (Å²) in [4.78, 5) is 0. The number of nitrogens with one attached hydrogen (secondary N) is 1. The van der Waals surface area contributed by atoms with Crippen LogP contribution in [0.5, 0.6) is 0 Å². The first kappa shape index (κ1) is 13.5. The molecule has 1 aliphatic carbocycles. The van der Waals surface area contributed by atoms with Gasteiger partial charge in [-0.15, -0.1) is 0 Å². The molecule has 0 heterocycles. The van der Waals surface area contributed by atoms with Crippen LogP contribution in [0.15, 0.2) is 0 Å². The van der Waals surface area contributed by atoms with E-state index in [4.69, 9.17) is 11.1 Å². The van der Waals surface area contributed by atoms with E-state index in [9.17, 15) is 13.2 Å². The van der Waals surface area contributed by atoms with Crippen LogP contribution >= 0.6 is 0 Å². The minimum atomic E-state index is -4.28. The zero-order valence-electron chi connectivity index (χ0n) is 9.48. The predicted molar refractivity (Wildman–Crippen MR) is 57.5 cm³/mol. The smallest absolute Gasteiger partial charge is 0.328 e. The topological polar surface area (TPSA) is 49.9 Å². The van der Waals surface area contributed by atoms with Crippen LogP contribution in [-0.2, 0) is 0 Å². The van der Waals surface area contributed by atoms with Crippen molar-refractivity contribution in [2.24, 2.45) is 17.6 Å². The molecule has 0 saturated heterocycles. The molecular weight excluding hydrogens is 217 g/mol. The lowest BCUT2D eigenvalue weighted by Gasteiger charge is -2.27. The van der Waals surface area contributed by atoms with Gasteiger partial charge < -0.3 is 11.1 Å². The lowest BCUT2D eigenvalue weighted by Crippen LogP contribution is -2.31. The fraction of sp³-hybridized carbons (Fsp3) is 0.909. The molecule has 1 fully saturated rings. The number of hydrogen-bond acceptors (Lipinski definition) is 2. The summed E-state index contributed by atoms with van der Waals surface area (Å²) in [6.07, 6.45) is -0.547. The highest BCUT2D eigenvalue weighted by atomic mass is 19.4. The maximum atomic E-state index is 12.4. The summed E-state index contributed by atoms with van der Waals surface area (Å²) in [6, 6.07) is 0.200. The van der Waals surface area contributed by atoms with Gasteiger partial charge >= 0.3 is 6.18 Å². The molecule has 16 heavy (non-hydrogen) atoms. The highest BCUT2D eigenvalue weighted by molar-refractivity contribution is 5.84. The molecule has 0 spiro atoms. The van der Waals surface area contributed by atoms with Gasteiger partial charge in [-0.05, 0) is 44.9 Å². The summed E-state index contributed by atoms with van der Waals surface area (Å²) >= 11 is 0. The van der Waals surface area contributed by atoms with Gasteiger partial charge in [0.25, 0.3) is 0 Å². The molecule has 1 unspecified atom stereocenters. The highest BCUT2D eigenvalue weighted by Crippen LogP contribution is 2.32. The number of halogens is 3. The molecule has 1 rings (SSSR count). The average Bonchev–Trinajstić information content (AvgIpc) is 2.19. The van der Waals surface area contributed by atoms with Gasteiger partial charge in [-0.2, -0.15) is 13.2 Å². The van der Waals surface area contributed by atoms with Gasteiger partial charge in [-0.3, -0.25) is 0 Å². The SMILES string of the molecule is CC(C(=N)C[C@H]1CC[C@H](N)CC1)C(F)(F)F. The van der Waals surface area contributed by atoms with Crippen LogP contribution in [0.3, 0.4) is 0 Å². The quantitative estimate of drug-likeness (QED) is 0.727. The molecule has 1 saturated carbocycles. The third-order valence-electron chi connectivity index (χ3n) is 3.41. The lowest BCUT2D eigenvalue weighted by molar-refractivity contribution is -0.151. The molecule has 1 atom stereocenters. The van der Waals surface area contributed by atoms with E-state index in [2.05, 4.69) is 0 Å². The second-order valence-electron chi connectivity index (χ2n) is 4.77. The third-order valence-corrected chi connectivity index (χ3v) is 3.41. The third kappa shape index (κ3) is 3.77. The van der Waals surface area contributed by atoms with Crippen LogP contribution in [0.1, 0.15) is 39.0 Å². The van der Waals surface area contributed by atoms with Crippen molar-refractivity contribution in [3.63, 3.8) is 0 Å². The summed E-state index contributed by atoms with van der Waals surface area (Å²) in [5, 5.41) is 7.49. The monoisotopic (exact) mass is 236 g/mol. The average molecular weight is 236 g/mol. The van der Waals surface area contributed by atoms with E-state index < -0.39 is 12.1 Å². The van der Waals surface area contributed by atoms with Gasteiger partial charge in [0.15, 0.2) is 0 Å². The first-order valence-corrected chi connectivity index (χ1v) is 5.70. The molecule has 0 radical (unpaired) electrons. The first-order chi connectivity index (χ1) is 7.30. The molecule has 0 aromatic heterocycles. The second kappa shape index (κ2) is 5.17. The van der Waals surface area contributed by atoms with Crippen LogP contribution < -0.4 is 5.73 Å². The van der Waals surface area contributed by atoms with E-state index in [-0.39, 0.29) is 24.1 Å². The van der Waals surface area contributed by atoms with Gasteiger partial charge in [-0.1, -0.05) is 0 Å². The Labute approximate surface area is 93.9 Å². The Morgan fingerprint density at radius 2 is 1.81 bits per heavy atom. The zero-order chi connectivity index (χ0) is 12.3. The second-order valence-corrected chi connectivity index (χ2v) is 4.77. The standard InChI is InChI=1S/C11H19F3N2/c1-7(11(12,13)14)10(16)6-8-2-4-9(15)5-3-8/h7-9,16H,2-6,15H2,1H3/t7?,8-,9-. The van der Waals surface area contributed by atoms with Crippen molar-refractivity contribution in [3.8, 4) is 0 Å². The summed E-state index contributed by atoms with van der Waals surface area (Å²) in [5.74, 6) is -1.39. The first-order valence-electron chi connectivity index (χ1n) is 5.70. The van der Waals surface area contributed by atoms with E-state index in [0.717, 1.165) is 32.6 Å². The normalized spacial score (nSPS) is 28.8. The molecule has 0 aliphatic heterocycles. The number of nitrogens with two attached hydrogens (primary N) is 1. The number of alkyl halides is 3. The maximum absolute atomic E-state index is 12.4. The van der Waals surface area contributed by atoms with E-state index in [1.807, 2.05) is 0 Å². The van der Waals surface area contributed by atoms with Crippen molar-refractivity contribution in [2.75, 3.05) is 0 Å². The van der Waals surface area contributed by atoms with Gasteiger partial charge in [-0.25, -0.2) is 0 Å². The Bertz CT molecular complexity index is 242. The zero-order valence-corrected chi connectivity index (χ0v) is 9.48. The van der Waals surface area contributed by atoms with Crippen molar-refractivity contribution in [3.05, 3.63) is 0 Å². The van der Waals surface area contributed by atoms with Gasteiger partial charge in [0.05, 0.1) is 5.92 Å². The molecule has 3 N–H and O–H groups in total. The Hall–Kier alpha value is -0.580. The minimum Gasteiger partial charge on any atom is -0.328 e. The largest absolute Gasteiger partial charge is 0.396 e. The van der Waals surface area contributed by atoms with Gasteiger partial charge in [0, 0.05) is 11.8 Å². The van der Waals surface area contributed by atoms with Crippen molar-refractivity contribution in [2.45, 2.75) is 51.2 Å². The molecule has 94 valence electrons. The molecule has 0 aromatic carbocycles. The Morgan fingerprint density at radius 3 is 2.25 bits per heavy atom. The number of rotatable bonds is 3. The van der Waals surface area contributed by atoms with Crippen LogP contribution in [-0.4, -0.2) is 17.9 Å². The van der Waals surface area contributed by atoms with Crippen molar-refractivity contribution < 1.29 is 13.2 Å². The molecule has 0 bridgehead atoms. The fourth-order valence-electron chi connectivity index (χ4n) is 2.08. The lowest BCUT2D eigenvalue weighted by atomic mass is 9.81. The van der Waals surface area contributed by atoms with Gasteiger partial charge in [0.1, 0.15) is 0 Å². The van der Waals surface area contributed by atoms with Crippen molar-refractivity contribution >= 4 is 5.71 Å². The van der Waals surface area contributed by atoms with Crippen LogP contribution in [0.25, 0.3) is 0 Å². The van der Waals surface area contributed by atoms with E-state index >= 15 is 0 Å². The summed E-state index contributed by atoms with van der Waals surface area (Å²) in [6.45, 7) is 1.07.